The minimum atomic E-state index is -3.89. The highest BCUT2D eigenvalue weighted by atomic mass is 32.2. The van der Waals surface area contributed by atoms with Crippen molar-refractivity contribution in [3.05, 3.63) is 42.5 Å². The van der Waals surface area contributed by atoms with Gasteiger partial charge < -0.3 is 24.3 Å². The lowest BCUT2D eigenvalue weighted by Gasteiger charge is -2.26. The maximum atomic E-state index is 12.8. The van der Waals surface area contributed by atoms with Gasteiger partial charge >= 0.3 is 0 Å². The highest BCUT2D eigenvalue weighted by Gasteiger charge is 2.26. The molecule has 0 saturated carbocycles. The van der Waals surface area contributed by atoms with Crippen LogP contribution in [-0.4, -0.2) is 65.7 Å². The van der Waals surface area contributed by atoms with Gasteiger partial charge in [-0.2, -0.15) is 4.31 Å². The first-order valence-electron chi connectivity index (χ1n) is 9.18. The summed E-state index contributed by atoms with van der Waals surface area (Å²) in [5.74, 6) is 1.50. The zero-order valence-corrected chi connectivity index (χ0v) is 17.8. The lowest BCUT2D eigenvalue weighted by atomic mass is 10.2. The van der Waals surface area contributed by atoms with Gasteiger partial charge in [-0.05, 0) is 24.3 Å². The van der Waals surface area contributed by atoms with Crippen molar-refractivity contribution in [1.29, 1.82) is 0 Å². The third-order valence-corrected chi connectivity index (χ3v) is 6.32. The molecule has 0 aliphatic carbocycles. The molecule has 10 heteroatoms. The number of carbonyl (C=O) groups excluding carboxylic acids is 1. The van der Waals surface area contributed by atoms with Crippen LogP contribution in [0.3, 0.4) is 0 Å². The van der Waals surface area contributed by atoms with E-state index in [0.717, 1.165) is 4.31 Å². The molecule has 9 nitrogen and oxygen atoms in total. The van der Waals surface area contributed by atoms with Crippen LogP contribution >= 0.6 is 0 Å². The van der Waals surface area contributed by atoms with E-state index in [1.807, 2.05) is 12.1 Å². The van der Waals surface area contributed by atoms with E-state index in [1.165, 1.54) is 39.5 Å². The van der Waals surface area contributed by atoms with Gasteiger partial charge in [0.2, 0.25) is 15.9 Å². The summed E-state index contributed by atoms with van der Waals surface area (Å²) in [6.45, 7) is 0.134. The Bertz CT molecular complexity index is 1010. The Labute approximate surface area is 175 Å². The Kier molecular flexibility index (Phi) is 6.68. The van der Waals surface area contributed by atoms with Crippen LogP contribution in [0.2, 0.25) is 0 Å². The molecule has 1 N–H and O–H groups in total. The summed E-state index contributed by atoms with van der Waals surface area (Å²) >= 11 is 0. The van der Waals surface area contributed by atoms with Crippen LogP contribution in [0.25, 0.3) is 0 Å². The zero-order chi connectivity index (χ0) is 21.7. The summed E-state index contributed by atoms with van der Waals surface area (Å²) < 4.78 is 48.2. The van der Waals surface area contributed by atoms with Crippen molar-refractivity contribution in [3.8, 4) is 23.0 Å². The first-order chi connectivity index (χ1) is 14.3. The molecule has 1 aliphatic rings. The molecular weight excluding hydrogens is 412 g/mol. The number of carbonyl (C=O) groups is 1. The lowest BCUT2D eigenvalue weighted by molar-refractivity contribution is -0.121. The SMILES string of the molecule is COc1ccc(S(=O)(=O)N(C)CC(=O)NC[C@@H]2COc3ccccc3O2)cc1OC. The predicted molar refractivity (Wildman–Crippen MR) is 109 cm³/mol. The minimum Gasteiger partial charge on any atom is -0.493 e. The van der Waals surface area contributed by atoms with Crippen LogP contribution < -0.4 is 24.3 Å². The molecule has 1 amide bonds. The molecule has 1 atom stereocenters. The molecule has 30 heavy (non-hydrogen) atoms. The van der Waals surface area contributed by atoms with Crippen LogP contribution in [-0.2, 0) is 14.8 Å². The number of hydrogen-bond donors (Lipinski definition) is 1. The Hall–Kier alpha value is -2.98. The third kappa shape index (κ3) is 4.77. The number of fused-ring (bicyclic) bond motifs is 1. The Morgan fingerprint density at radius 1 is 1.13 bits per heavy atom. The molecule has 1 aliphatic heterocycles. The van der Waals surface area contributed by atoms with Gasteiger partial charge in [0.1, 0.15) is 12.7 Å². The van der Waals surface area contributed by atoms with Gasteiger partial charge in [-0.1, -0.05) is 12.1 Å². The summed E-state index contributed by atoms with van der Waals surface area (Å²) in [5.41, 5.74) is 0. The monoisotopic (exact) mass is 436 g/mol. The number of amides is 1. The van der Waals surface area contributed by atoms with Crippen LogP contribution in [0, 0.1) is 0 Å². The Balaban J connectivity index is 1.57. The van der Waals surface area contributed by atoms with E-state index in [4.69, 9.17) is 18.9 Å². The van der Waals surface area contributed by atoms with Crippen LogP contribution in [0.5, 0.6) is 23.0 Å². The van der Waals surface area contributed by atoms with Gasteiger partial charge in [0.15, 0.2) is 23.0 Å². The van der Waals surface area contributed by atoms with E-state index in [-0.39, 0.29) is 36.4 Å². The van der Waals surface area contributed by atoms with E-state index in [9.17, 15) is 13.2 Å². The smallest absolute Gasteiger partial charge is 0.243 e. The summed E-state index contributed by atoms with van der Waals surface area (Å²) in [7, 11) is 0.320. The molecule has 1 heterocycles. The lowest BCUT2D eigenvalue weighted by Crippen LogP contribution is -2.44. The topological polar surface area (TPSA) is 103 Å². The number of nitrogens with zero attached hydrogens (tertiary/aromatic N) is 1. The average molecular weight is 436 g/mol. The van der Waals surface area contributed by atoms with Gasteiger partial charge in [0.05, 0.1) is 32.2 Å². The molecule has 0 aromatic heterocycles. The van der Waals surface area contributed by atoms with Crippen molar-refractivity contribution < 1.29 is 32.2 Å². The number of nitrogens with one attached hydrogen (secondary N) is 1. The average Bonchev–Trinajstić information content (AvgIpc) is 2.76. The molecule has 0 saturated heterocycles. The summed E-state index contributed by atoms with van der Waals surface area (Å²) in [4.78, 5) is 12.3. The molecule has 0 spiro atoms. The highest BCUT2D eigenvalue weighted by molar-refractivity contribution is 7.89. The van der Waals surface area contributed by atoms with Crippen LogP contribution in [0.4, 0.5) is 0 Å². The normalized spacial score (nSPS) is 15.5. The zero-order valence-electron chi connectivity index (χ0n) is 17.0. The first-order valence-corrected chi connectivity index (χ1v) is 10.6. The fourth-order valence-electron chi connectivity index (χ4n) is 2.89. The molecule has 3 rings (SSSR count). The maximum Gasteiger partial charge on any atom is 0.243 e. The largest absolute Gasteiger partial charge is 0.493 e. The Morgan fingerprint density at radius 2 is 1.83 bits per heavy atom. The second kappa shape index (κ2) is 9.23. The molecule has 2 aromatic carbocycles. The summed E-state index contributed by atoms with van der Waals surface area (Å²) in [5, 5.41) is 2.68. The summed E-state index contributed by atoms with van der Waals surface area (Å²) in [6.07, 6.45) is -0.364. The van der Waals surface area contributed by atoms with E-state index >= 15 is 0 Å². The van der Waals surface area contributed by atoms with E-state index in [1.54, 1.807) is 12.1 Å². The van der Waals surface area contributed by atoms with Gasteiger partial charge in [-0.15, -0.1) is 0 Å². The second-order valence-corrected chi connectivity index (χ2v) is 8.62. The molecule has 0 fully saturated rings. The minimum absolute atomic E-state index is 0.00364. The number of hydrogen-bond acceptors (Lipinski definition) is 7. The van der Waals surface area contributed by atoms with Gasteiger partial charge in [0, 0.05) is 13.1 Å². The standard InChI is InChI=1S/C20H24N2O7S/c1-22(30(24,25)15-8-9-16(26-2)19(10-15)27-3)12-20(23)21-11-14-13-28-17-6-4-5-7-18(17)29-14/h4-10,14H,11-13H2,1-3H3,(H,21,23)/t14-/m1/s1. The quantitative estimate of drug-likeness (QED) is 0.665. The van der Waals surface area contributed by atoms with E-state index < -0.39 is 15.9 Å². The van der Waals surface area contributed by atoms with Crippen molar-refractivity contribution in [2.75, 3.05) is 41.0 Å². The van der Waals surface area contributed by atoms with Crippen LogP contribution in [0.15, 0.2) is 47.4 Å². The number of likely N-dealkylation sites (N-methyl/N-ethyl adjacent to an activating group) is 1. The number of ether oxygens (including phenoxy) is 4. The number of benzene rings is 2. The van der Waals surface area contributed by atoms with E-state index in [0.29, 0.717) is 17.2 Å². The summed E-state index contributed by atoms with van der Waals surface area (Å²) in [6, 6.07) is 11.5. The van der Waals surface area contributed by atoms with Gasteiger partial charge in [-0.3, -0.25) is 4.79 Å². The fourth-order valence-corrected chi connectivity index (χ4v) is 4.03. The number of sulfonamides is 1. The first kappa shape index (κ1) is 21.7. The second-order valence-electron chi connectivity index (χ2n) is 6.58. The third-order valence-electron chi connectivity index (χ3n) is 4.52. The maximum absolute atomic E-state index is 12.8. The Morgan fingerprint density at radius 3 is 2.53 bits per heavy atom. The molecule has 2 aromatic rings. The molecular formula is C20H24N2O7S. The van der Waals surface area contributed by atoms with Crippen molar-refractivity contribution in [3.63, 3.8) is 0 Å². The fraction of sp³-hybridized carbons (Fsp3) is 0.350. The molecule has 162 valence electrons. The van der Waals surface area contributed by atoms with Crippen molar-refractivity contribution in [1.82, 2.24) is 9.62 Å². The number of para-hydroxylation sites is 2. The van der Waals surface area contributed by atoms with Gasteiger partial charge in [0.25, 0.3) is 0 Å². The molecule has 0 unspecified atom stereocenters. The molecule has 0 bridgehead atoms. The van der Waals surface area contributed by atoms with Gasteiger partial charge in [-0.25, -0.2) is 8.42 Å². The van der Waals surface area contributed by atoms with Crippen molar-refractivity contribution >= 4 is 15.9 Å². The number of methoxy groups -OCH3 is 2. The van der Waals surface area contributed by atoms with Crippen molar-refractivity contribution in [2.24, 2.45) is 0 Å². The predicted octanol–water partition coefficient (Wildman–Crippen LogP) is 1.28. The van der Waals surface area contributed by atoms with Crippen LogP contribution in [0.1, 0.15) is 0 Å². The van der Waals surface area contributed by atoms with E-state index in [2.05, 4.69) is 5.32 Å². The van der Waals surface area contributed by atoms with Crippen molar-refractivity contribution in [2.45, 2.75) is 11.0 Å². The molecule has 0 radical (unpaired) electrons. The number of rotatable bonds is 8. The highest BCUT2D eigenvalue weighted by Crippen LogP contribution is 2.31.